The van der Waals surface area contributed by atoms with Gasteiger partial charge in [0, 0.05) is 5.56 Å². The Labute approximate surface area is 93.6 Å². The summed E-state index contributed by atoms with van der Waals surface area (Å²) in [6.07, 6.45) is 0.199. The van der Waals surface area contributed by atoms with Crippen molar-refractivity contribution < 1.29 is 14.3 Å². The summed E-state index contributed by atoms with van der Waals surface area (Å²) in [5.74, 6) is 5.26. The first-order valence-corrected chi connectivity index (χ1v) is 4.86. The first kappa shape index (κ1) is 12.2. The molecule has 0 atom stereocenters. The highest BCUT2D eigenvalue weighted by atomic mass is 16.5. The maximum absolute atomic E-state index is 11.0. The molecule has 1 aromatic carbocycles. The molecule has 1 amide bonds. The highest BCUT2D eigenvalue weighted by molar-refractivity contribution is 5.94. The Morgan fingerprint density at radius 2 is 1.94 bits per heavy atom. The molecule has 0 aliphatic heterocycles. The molecule has 0 aliphatic rings. The molecular formula is C11H14N2O3. The topological polar surface area (TPSA) is 81.4 Å². The van der Waals surface area contributed by atoms with Gasteiger partial charge in [-0.15, -0.1) is 0 Å². The number of ketones is 1. The summed E-state index contributed by atoms with van der Waals surface area (Å²) in [6, 6.07) is 6.75. The number of carbonyl (C=O) groups excluding carboxylic acids is 2. The van der Waals surface area contributed by atoms with E-state index in [-0.39, 0.29) is 24.7 Å². The third-order valence-corrected chi connectivity index (χ3v) is 2.02. The number of ether oxygens (including phenoxy) is 1. The van der Waals surface area contributed by atoms with Gasteiger partial charge in [0.1, 0.15) is 5.75 Å². The van der Waals surface area contributed by atoms with E-state index in [1.165, 1.54) is 6.92 Å². The van der Waals surface area contributed by atoms with Crippen molar-refractivity contribution in [3.63, 3.8) is 0 Å². The molecule has 1 aromatic rings. The van der Waals surface area contributed by atoms with E-state index in [2.05, 4.69) is 0 Å². The molecule has 0 aliphatic carbocycles. The van der Waals surface area contributed by atoms with E-state index in [9.17, 15) is 9.59 Å². The predicted molar refractivity (Wildman–Crippen MR) is 58.9 cm³/mol. The molecule has 0 unspecified atom stereocenters. The van der Waals surface area contributed by atoms with Crippen molar-refractivity contribution in [3.8, 4) is 5.75 Å². The van der Waals surface area contributed by atoms with E-state index in [0.29, 0.717) is 11.3 Å². The maximum Gasteiger partial charge on any atom is 0.237 e. The Morgan fingerprint density at radius 1 is 1.31 bits per heavy atom. The van der Waals surface area contributed by atoms with Crippen LogP contribution in [-0.2, 0) is 4.79 Å². The molecular weight excluding hydrogens is 208 g/mol. The molecule has 16 heavy (non-hydrogen) atoms. The molecule has 0 saturated carbocycles. The second kappa shape index (κ2) is 5.87. The van der Waals surface area contributed by atoms with E-state index >= 15 is 0 Å². The largest absolute Gasteiger partial charge is 0.493 e. The molecule has 0 heterocycles. The highest BCUT2D eigenvalue weighted by Crippen LogP contribution is 2.12. The summed E-state index contributed by atoms with van der Waals surface area (Å²) in [5.41, 5.74) is 2.64. The maximum atomic E-state index is 11.0. The van der Waals surface area contributed by atoms with Gasteiger partial charge in [0.15, 0.2) is 5.78 Å². The number of carbonyl (C=O) groups is 2. The van der Waals surface area contributed by atoms with Gasteiger partial charge in [-0.3, -0.25) is 15.0 Å². The molecule has 5 nitrogen and oxygen atoms in total. The fraction of sp³-hybridized carbons (Fsp3) is 0.273. The van der Waals surface area contributed by atoms with E-state index in [1.807, 2.05) is 5.43 Å². The van der Waals surface area contributed by atoms with Gasteiger partial charge in [-0.25, -0.2) is 5.84 Å². The van der Waals surface area contributed by atoms with Crippen LogP contribution in [-0.4, -0.2) is 18.3 Å². The standard InChI is InChI=1S/C11H14N2O3/c1-8(14)9-2-4-10(5-3-9)16-7-6-11(15)13-12/h2-5H,6-7,12H2,1H3,(H,13,15). The predicted octanol–water partition coefficient (Wildman–Crippen LogP) is 0.648. The van der Waals surface area contributed by atoms with E-state index in [4.69, 9.17) is 10.6 Å². The molecule has 86 valence electrons. The lowest BCUT2D eigenvalue weighted by atomic mass is 10.1. The van der Waals surface area contributed by atoms with Crippen molar-refractivity contribution in [2.45, 2.75) is 13.3 Å². The molecule has 0 fully saturated rings. The Hall–Kier alpha value is -1.88. The summed E-state index contributed by atoms with van der Waals surface area (Å²) in [5, 5.41) is 0. The van der Waals surface area contributed by atoms with Crippen LogP contribution >= 0.6 is 0 Å². The lowest BCUT2D eigenvalue weighted by Crippen LogP contribution is -2.31. The lowest BCUT2D eigenvalue weighted by Gasteiger charge is -2.05. The summed E-state index contributed by atoms with van der Waals surface area (Å²) < 4.78 is 5.29. The number of amides is 1. The van der Waals surface area contributed by atoms with Crippen molar-refractivity contribution in [2.75, 3.05) is 6.61 Å². The zero-order valence-electron chi connectivity index (χ0n) is 9.03. The Morgan fingerprint density at radius 3 is 2.44 bits per heavy atom. The van der Waals surface area contributed by atoms with Crippen LogP contribution in [0.25, 0.3) is 0 Å². The number of hydrogen-bond donors (Lipinski definition) is 2. The van der Waals surface area contributed by atoms with Crippen LogP contribution in [0.2, 0.25) is 0 Å². The van der Waals surface area contributed by atoms with Gasteiger partial charge in [-0.2, -0.15) is 0 Å². The summed E-state index contributed by atoms with van der Waals surface area (Å²) in [6.45, 7) is 1.75. The van der Waals surface area contributed by atoms with Crippen LogP contribution in [0.4, 0.5) is 0 Å². The molecule has 0 aromatic heterocycles. The van der Waals surface area contributed by atoms with E-state index < -0.39 is 0 Å². The van der Waals surface area contributed by atoms with Crippen molar-refractivity contribution in [1.29, 1.82) is 0 Å². The number of Topliss-reactive ketones (excluding diaryl/α,β-unsaturated/α-hetero) is 1. The van der Waals surface area contributed by atoms with Crippen LogP contribution < -0.4 is 16.0 Å². The van der Waals surface area contributed by atoms with Crippen molar-refractivity contribution in [1.82, 2.24) is 5.43 Å². The summed E-state index contributed by atoms with van der Waals surface area (Å²) in [4.78, 5) is 21.8. The highest BCUT2D eigenvalue weighted by Gasteiger charge is 2.01. The monoisotopic (exact) mass is 222 g/mol. The third-order valence-electron chi connectivity index (χ3n) is 2.02. The second-order valence-corrected chi connectivity index (χ2v) is 3.25. The minimum atomic E-state index is -0.277. The number of benzene rings is 1. The molecule has 0 saturated heterocycles. The number of hydrogen-bond acceptors (Lipinski definition) is 4. The Bertz CT molecular complexity index is 373. The van der Waals surface area contributed by atoms with Gasteiger partial charge in [0.2, 0.25) is 5.91 Å². The van der Waals surface area contributed by atoms with Crippen molar-refractivity contribution in [2.24, 2.45) is 5.84 Å². The molecule has 0 spiro atoms. The number of nitrogens with one attached hydrogen (secondary N) is 1. The third kappa shape index (κ3) is 3.70. The normalized spacial score (nSPS) is 9.62. The quantitative estimate of drug-likeness (QED) is 0.331. The van der Waals surface area contributed by atoms with Gasteiger partial charge < -0.3 is 4.74 Å². The second-order valence-electron chi connectivity index (χ2n) is 3.25. The molecule has 0 radical (unpaired) electrons. The molecule has 3 N–H and O–H groups in total. The van der Waals surface area contributed by atoms with Crippen molar-refractivity contribution >= 4 is 11.7 Å². The summed E-state index contributed by atoms with van der Waals surface area (Å²) >= 11 is 0. The molecule has 5 heteroatoms. The van der Waals surface area contributed by atoms with E-state index in [1.54, 1.807) is 24.3 Å². The van der Waals surface area contributed by atoms with Crippen LogP contribution in [0.1, 0.15) is 23.7 Å². The number of rotatable bonds is 5. The molecule has 1 rings (SSSR count). The SMILES string of the molecule is CC(=O)c1ccc(OCCC(=O)NN)cc1. The first-order valence-electron chi connectivity index (χ1n) is 4.86. The average Bonchev–Trinajstić information content (AvgIpc) is 2.29. The first-order chi connectivity index (χ1) is 7.63. The average molecular weight is 222 g/mol. The minimum absolute atomic E-state index is 0.00839. The van der Waals surface area contributed by atoms with Gasteiger partial charge in [-0.1, -0.05) is 0 Å². The van der Waals surface area contributed by atoms with E-state index in [0.717, 1.165) is 0 Å². The van der Waals surface area contributed by atoms with Crippen LogP contribution in [0, 0.1) is 0 Å². The zero-order valence-corrected chi connectivity index (χ0v) is 9.03. The van der Waals surface area contributed by atoms with Gasteiger partial charge >= 0.3 is 0 Å². The van der Waals surface area contributed by atoms with Crippen LogP contribution in [0.15, 0.2) is 24.3 Å². The van der Waals surface area contributed by atoms with Crippen molar-refractivity contribution in [3.05, 3.63) is 29.8 Å². The number of nitrogens with two attached hydrogens (primary N) is 1. The van der Waals surface area contributed by atoms with Gasteiger partial charge in [0.05, 0.1) is 13.0 Å². The van der Waals surface area contributed by atoms with Crippen LogP contribution in [0.5, 0.6) is 5.75 Å². The smallest absolute Gasteiger partial charge is 0.237 e. The van der Waals surface area contributed by atoms with Crippen LogP contribution in [0.3, 0.4) is 0 Å². The minimum Gasteiger partial charge on any atom is -0.493 e. The number of hydrazine groups is 1. The Kier molecular flexibility index (Phi) is 4.47. The summed E-state index contributed by atoms with van der Waals surface area (Å²) in [7, 11) is 0. The zero-order chi connectivity index (χ0) is 12.0. The fourth-order valence-corrected chi connectivity index (χ4v) is 1.12. The fourth-order valence-electron chi connectivity index (χ4n) is 1.12. The lowest BCUT2D eigenvalue weighted by molar-refractivity contribution is -0.121. The Balaban J connectivity index is 2.43. The van der Waals surface area contributed by atoms with Gasteiger partial charge in [-0.05, 0) is 31.2 Å². The molecule has 0 bridgehead atoms. The van der Waals surface area contributed by atoms with Gasteiger partial charge in [0.25, 0.3) is 0 Å².